The Bertz CT molecular complexity index is 1100. The zero-order valence-electron chi connectivity index (χ0n) is 20.3. The molecule has 1 aromatic carbocycles. The molecule has 4 bridgehead atoms. The van der Waals surface area contributed by atoms with Crippen molar-refractivity contribution in [1.82, 2.24) is 14.5 Å². The first-order chi connectivity index (χ1) is 16.6. The maximum absolute atomic E-state index is 13.7. The molecular formula is C28H37N3O3. The van der Waals surface area contributed by atoms with Crippen LogP contribution in [0.3, 0.4) is 0 Å². The number of piperidine rings is 2. The summed E-state index contributed by atoms with van der Waals surface area (Å²) in [7, 11) is 0. The van der Waals surface area contributed by atoms with Crippen LogP contribution in [0.1, 0.15) is 94.2 Å². The van der Waals surface area contributed by atoms with Crippen molar-refractivity contribution in [3.8, 4) is 0 Å². The average Bonchev–Trinajstić information content (AvgIpc) is 2.83. The average molecular weight is 464 g/mol. The number of aromatic nitrogens is 2. The van der Waals surface area contributed by atoms with E-state index in [1.54, 1.807) is 17.6 Å². The highest BCUT2D eigenvalue weighted by Gasteiger charge is 2.45. The van der Waals surface area contributed by atoms with E-state index < -0.39 is 5.97 Å². The number of para-hydroxylation sites is 1. The molecule has 2 aromatic rings. The Morgan fingerprint density at radius 3 is 2.29 bits per heavy atom. The third kappa shape index (κ3) is 3.88. The van der Waals surface area contributed by atoms with E-state index in [9.17, 15) is 9.59 Å². The van der Waals surface area contributed by atoms with Gasteiger partial charge in [-0.15, -0.1) is 0 Å². The molecule has 1 aromatic heterocycles. The number of hydrogen-bond donors (Lipinski definition) is 0. The fourth-order valence-corrected chi connectivity index (χ4v) is 7.96. The van der Waals surface area contributed by atoms with Crippen LogP contribution in [0.4, 0.5) is 0 Å². The van der Waals surface area contributed by atoms with Crippen LogP contribution in [0.25, 0.3) is 10.9 Å². The Morgan fingerprint density at radius 1 is 0.912 bits per heavy atom. The summed E-state index contributed by atoms with van der Waals surface area (Å²) in [6, 6.07) is 9.06. The molecule has 0 spiro atoms. The van der Waals surface area contributed by atoms with Gasteiger partial charge in [0.2, 0.25) is 5.82 Å². The molecule has 6 heteroatoms. The molecule has 2 aliphatic carbocycles. The fourth-order valence-electron chi connectivity index (χ4n) is 7.96. The van der Waals surface area contributed by atoms with Crippen LogP contribution in [-0.4, -0.2) is 45.2 Å². The molecule has 2 saturated heterocycles. The van der Waals surface area contributed by atoms with Crippen molar-refractivity contribution < 1.29 is 9.53 Å². The highest BCUT2D eigenvalue weighted by Crippen LogP contribution is 2.47. The number of fused-ring (bicyclic) bond motifs is 5. The van der Waals surface area contributed by atoms with Crippen LogP contribution in [-0.2, 0) is 4.74 Å². The molecule has 3 heterocycles. The summed E-state index contributed by atoms with van der Waals surface area (Å²) >= 11 is 0. The Labute approximate surface area is 201 Å². The number of benzene rings is 1. The van der Waals surface area contributed by atoms with Gasteiger partial charge in [-0.25, -0.2) is 9.78 Å². The zero-order chi connectivity index (χ0) is 23.2. The summed E-state index contributed by atoms with van der Waals surface area (Å²) in [6.07, 6.45) is 13.9. The zero-order valence-corrected chi connectivity index (χ0v) is 20.3. The van der Waals surface area contributed by atoms with Gasteiger partial charge in [0.1, 0.15) is 0 Å². The molecule has 0 N–H and O–H groups in total. The van der Waals surface area contributed by atoms with Crippen molar-refractivity contribution >= 4 is 16.9 Å². The van der Waals surface area contributed by atoms with Gasteiger partial charge in [0.05, 0.1) is 17.5 Å². The van der Waals surface area contributed by atoms with Crippen molar-refractivity contribution in [2.24, 2.45) is 11.8 Å². The first-order valence-electron chi connectivity index (χ1n) is 13.6. The second-order valence-electron chi connectivity index (χ2n) is 11.2. The largest absolute Gasteiger partial charge is 0.460 e. The van der Waals surface area contributed by atoms with Crippen LogP contribution in [0.2, 0.25) is 0 Å². The van der Waals surface area contributed by atoms with Crippen LogP contribution >= 0.6 is 0 Å². The van der Waals surface area contributed by atoms with Crippen molar-refractivity contribution in [3.05, 3.63) is 40.4 Å². The van der Waals surface area contributed by atoms with Gasteiger partial charge < -0.3 is 4.74 Å². The lowest BCUT2D eigenvalue weighted by atomic mass is 9.68. The third-order valence-electron chi connectivity index (χ3n) is 9.16. The molecule has 2 aliphatic heterocycles. The first kappa shape index (κ1) is 22.3. The highest BCUT2D eigenvalue weighted by molar-refractivity contribution is 5.89. The van der Waals surface area contributed by atoms with Crippen LogP contribution in [0.5, 0.6) is 0 Å². The predicted molar refractivity (Wildman–Crippen MR) is 132 cm³/mol. The summed E-state index contributed by atoms with van der Waals surface area (Å²) in [4.78, 5) is 34.1. The molecule has 4 aliphatic rings. The van der Waals surface area contributed by atoms with E-state index >= 15 is 0 Å². The summed E-state index contributed by atoms with van der Waals surface area (Å²) in [5.41, 5.74) is 0.468. The molecule has 6 rings (SSSR count). The monoisotopic (exact) mass is 463 g/mol. The summed E-state index contributed by atoms with van der Waals surface area (Å²) in [5.74, 6) is 1.52. The topological polar surface area (TPSA) is 64.4 Å². The van der Waals surface area contributed by atoms with E-state index in [1.807, 2.05) is 18.2 Å². The minimum atomic E-state index is -0.488. The lowest BCUT2D eigenvalue weighted by molar-refractivity contribution is -0.0495. The van der Waals surface area contributed by atoms with E-state index in [-0.39, 0.29) is 24.0 Å². The Kier molecular flexibility index (Phi) is 5.96. The van der Waals surface area contributed by atoms with Crippen LogP contribution in [0, 0.1) is 11.8 Å². The van der Waals surface area contributed by atoms with Gasteiger partial charge in [0.25, 0.3) is 5.56 Å². The second kappa shape index (κ2) is 9.10. The van der Waals surface area contributed by atoms with E-state index in [0.29, 0.717) is 29.0 Å². The predicted octanol–water partition coefficient (Wildman–Crippen LogP) is 5.10. The minimum absolute atomic E-state index is 0.00125. The smallest absolute Gasteiger partial charge is 0.374 e. The van der Waals surface area contributed by atoms with Gasteiger partial charge in [0, 0.05) is 24.2 Å². The van der Waals surface area contributed by atoms with E-state index in [4.69, 9.17) is 4.74 Å². The Morgan fingerprint density at radius 2 is 1.59 bits per heavy atom. The third-order valence-corrected chi connectivity index (χ3v) is 9.16. The van der Waals surface area contributed by atoms with Gasteiger partial charge in [-0.1, -0.05) is 37.8 Å². The fraction of sp³-hybridized carbons (Fsp3) is 0.679. The number of hydrogen-bond acceptors (Lipinski definition) is 5. The van der Waals surface area contributed by atoms with Gasteiger partial charge >= 0.3 is 5.97 Å². The van der Waals surface area contributed by atoms with Crippen molar-refractivity contribution in [2.75, 3.05) is 6.61 Å². The molecule has 0 radical (unpaired) electrons. The molecule has 2 saturated carbocycles. The van der Waals surface area contributed by atoms with Gasteiger partial charge in [-0.3, -0.25) is 14.3 Å². The lowest BCUT2D eigenvalue weighted by Gasteiger charge is -2.55. The number of carbonyl (C=O) groups excluding carboxylic acids is 1. The summed E-state index contributed by atoms with van der Waals surface area (Å²) in [5, 5.41) is 0.586. The number of ether oxygens (including phenoxy) is 1. The molecule has 1 unspecified atom stereocenters. The van der Waals surface area contributed by atoms with E-state index in [2.05, 4.69) is 9.88 Å². The standard InChI is InChI=1S/C28H37N3O3/c1-2-34-28(33)26-29-25-12-4-3-11-24(25)27(32)31(26)23-16-20-9-6-10-21(17-23)30(20)22-14-18-7-5-8-19(13-18)15-22/h3-4,11-12,18-23H,2,5-10,13-17H2,1H3/t18-,19+,20-,21+,22?,23+. The quantitative estimate of drug-likeness (QED) is 0.590. The first-order valence-corrected chi connectivity index (χ1v) is 13.6. The molecule has 6 nitrogen and oxygen atoms in total. The van der Waals surface area contributed by atoms with Crippen LogP contribution < -0.4 is 5.56 Å². The maximum Gasteiger partial charge on any atom is 0.374 e. The SMILES string of the molecule is CCOC(=O)c1nc2ccccc2c(=O)n1[C@H]1C[C@H]2CCC[C@@H](C1)N2C1C[C@H]2CCC[C@@H](C1)C2. The van der Waals surface area contributed by atoms with Gasteiger partial charge in [-0.05, 0) is 75.8 Å². The molecule has 6 atom stereocenters. The molecule has 34 heavy (non-hydrogen) atoms. The van der Waals surface area contributed by atoms with Gasteiger partial charge in [0.15, 0.2) is 0 Å². The normalized spacial score (nSPS) is 33.6. The lowest BCUT2D eigenvalue weighted by Crippen LogP contribution is -2.58. The van der Waals surface area contributed by atoms with E-state index in [0.717, 1.165) is 24.7 Å². The summed E-state index contributed by atoms with van der Waals surface area (Å²) in [6.45, 7) is 2.07. The van der Waals surface area contributed by atoms with Crippen LogP contribution in [0.15, 0.2) is 29.1 Å². The Hall–Kier alpha value is -2.21. The van der Waals surface area contributed by atoms with E-state index in [1.165, 1.54) is 57.8 Å². The summed E-state index contributed by atoms with van der Waals surface area (Å²) < 4.78 is 7.05. The molecule has 182 valence electrons. The van der Waals surface area contributed by atoms with Gasteiger partial charge in [-0.2, -0.15) is 0 Å². The maximum atomic E-state index is 13.7. The second-order valence-corrected chi connectivity index (χ2v) is 11.2. The highest BCUT2D eigenvalue weighted by atomic mass is 16.5. The Balaban J connectivity index is 1.34. The minimum Gasteiger partial charge on any atom is -0.460 e. The molecule has 0 amide bonds. The van der Waals surface area contributed by atoms with Crippen molar-refractivity contribution in [1.29, 1.82) is 0 Å². The van der Waals surface area contributed by atoms with Crippen molar-refractivity contribution in [3.63, 3.8) is 0 Å². The number of nitrogens with zero attached hydrogens (tertiary/aromatic N) is 3. The number of carbonyl (C=O) groups is 1. The number of esters is 1. The van der Waals surface area contributed by atoms with Crippen molar-refractivity contribution in [2.45, 2.75) is 102 Å². The molecular weight excluding hydrogens is 426 g/mol. The number of rotatable bonds is 4. The molecule has 4 fully saturated rings.